The molecule has 0 atom stereocenters. The maximum atomic E-state index is 5.85. The van der Waals surface area contributed by atoms with Crippen LogP contribution in [-0.2, 0) is 0 Å². The Hall–Kier alpha value is -0.920. The minimum absolute atomic E-state index is 0.0313. The average molecular weight is 154 g/mol. The highest BCUT2D eigenvalue weighted by molar-refractivity contribution is 5.24. The van der Waals surface area contributed by atoms with Crippen molar-refractivity contribution in [3.05, 3.63) is 23.5 Å². The van der Waals surface area contributed by atoms with Crippen molar-refractivity contribution in [2.45, 2.75) is 27.7 Å². The second kappa shape index (κ2) is 3.46. The van der Waals surface area contributed by atoms with Crippen molar-refractivity contribution in [3.8, 4) is 0 Å². The molecule has 0 aromatic carbocycles. The van der Waals surface area contributed by atoms with Gasteiger partial charge in [-0.25, -0.2) is 0 Å². The third-order valence-electron chi connectivity index (χ3n) is 1.58. The van der Waals surface area contributed by atoms with Crippen LogP contribution in [0.3, 0.4) is 0 Å². The Morgan fingerprint density at radius 3 is 2.00 bits per heavy atom. The van der Waals surface area contributed by atoms with E-state index in [4.69, 9.17) is 11.5 Å². The lowest BCUT2D eigenvalue weighted by Gasteiger charge is -2.20. The summed E-state index contributed by atoms with van der Waals surface area (Å²) in [5.74, 6) is 0. The summed E-state index contributed by atoms with van der Waals surface area (Å²) in [6.07, 6.45) is 3.33. The second-order valence-electron chi connectivity index (χ2n) is 3.71. The molecule has 0 saturated carbocycles. The highest BCUT2D eigenvalue weighted by Crippen LogP contribution is 2.23. The van der Waals surface area contributed by atoms with Gasteiger partial charge in [0.1, 0.15) is 0 Å². The summed E-state index contributed by atoms with van der Waals surface area (Å²) >= 11 is 0. The second-order valence-corrected chi connectivity index (χ2v) is 3.71. The zero-order valence-corrected chi connectivity index (χ0v) is 7.81. The molecule has 64 valence electrons. The van der Waals surface area contributed by atoms with Crippen LogP contribution < -0.4 is 11.5 Å². The summed E-state index contributed by atoms with van der Waals surface area (Å²) in [7, 11) is 0. The first-order valence-electron chi connectivity index (χ1n) is 3.74. The lowest BCUT2D eigenvalue weighted by atomic mass is 9.89. The van der Waals surface area contributed by atoms with Gasteiger partial charge in [-0.2, -0.15) is 0 Å². The molecule has 0 saturated heterocycles. The highest BCUT2D eigenvalue weighted by Gasteiger charge is 2.14. The summed E-state index contributed by atoms with van der Waals surface area (Å²) in [5, 5.41) is 0. The van der Waals surface area contributed by atoms with Crippen LogP contribution in [0.5, 0.6) is 0 Å². The highest BCUT2D eigenvalue weighted by atomic mass is 14.6. The van der Waals surface area contributed by atoms with E-state index in [0.717, 1.165) is 11.3 Å². The molecule has 0 bridgehead atoms. The standard InChI is InChI=1S/C9H18N2/c1-7(5-6-10)8(11)9(2,3)4/h5-6H,10-11H2,1-4H3/b6-5-,8-7-. The predicted octanol–water partition coefficient (Wildman–Crippen LogP) is 1.74. The number of allylic oxidation sites excluding steroid dienone is 3. The van der Waals surface area contributed by atoms with Gasteiger partial charge < -0.3 is 11.5 Å². The van der Waals surface area contributed by atoms with Crippen molar-refractivity contribution in [3.63, 3.8) is 0 Å². The maximum absolute atomic E-state index is 5.85. The normalized spacial score (nSPS) is 15.3. The largest absolute Gasteiger partial charge is 0.405 e. The van der Waals surface area contributed by atoms with Gasteiger partial charge >= 0.3 is 0 Å². The molecule has 2 heteroatoms. The van der Waals surface area contributed by atoms with Crippen LogP contribution in [0.4, 0.5) is 0 Å². The molecule has 0 fully saturated rings. The van der Waals surface area contributed by atoms with Gasteiger partial charge in [-0.05, 0) is 24.8 Å². The van der Waals surface area contributed by atoms with E-state index >= 15 is 0 Å². The third kappa shape index (κ3) is 3.12. The maximum Gasteiger partial charge on any atom is 0.0165 e. The van der Waals surface area contributed by atoms with Crippen molar-refractivity contribution in [2.75, 3.05) is 0 Å². The van der Waals surface area contributed by atoms with E-state index in [9.17, 15) is 0 Å². The molecule has 0 aliphatic rings. The molecule has 0 aromatic heterocycles. The molecule has 0 aliphatic carbocycles. The van der Waals surface area contributed by atoms with Gasteiger partial charge in [0.25, 0.3) is 0 Å². The van der Waals surface area contributed by atoms with Crippen LogP contribution in [-0.4, -0.2) is 0 Å². The summed E-state index contributed by atoms with van der Waals surface area (Å²) in [6.45, 7) is 8.20. The van der Waals surface area contributed by atoms with Gasteiger partial charge in [-0.15, -0.1) is 0 Å². The lowest BCUT2D eigenvalue weighted by Crippen LogP contribution is -2.18. The predicted molar refractivity (Wildman–Crippen MR) is 49.7 cm³/mol. The van der Waals surface area contributed by atoms with Gasteiger partial charge in [0.15, 0.2) is 0 Å². The number of rotatable bonds is 1. The Balaban J connectivity index is 4.67. The number of hydrogen-bond donors (Lipinski definition) is 2. The Kier molecular flexibility index (Phi) is 3.18. The van der Waals surface area contributed by atoms with E-state index in [1.54, 1.807) is 0 Å². The van der Waals surface area contributed by atoms with E-state index in [2.05, 4.69) is 20.8 Å². The van der Waals surface area contributed by atoms with Gasteiger partial charge in [-0.3, -0.25) is 0 Å². The zero-order chi connectivity index (χ0) is 9.07. The Bertz CT molecular complexity index is 182. The van der Waals surface area contributed by atoms with Crippen LogP contribution in [0.1, 0.15) is 27.7 Å². The molecule has 0 rings (SSSR count). The molecule has 0 aromatic rings. The van der Waals surface area contributed by atoms with Gasteiger partial charge in [0.05, 0.1) is 0 Å². The zero-order valence-electron chi connectivity index (χ0n) is 7.81. The fourth-order valence-electron chi connectivity index (χ4n) is 0.826. The van der Waals surface area contributed by atoms with E-state index in [1.807, 2.05) is 13.0 Å². The molecule has 2 nitrogen and oxygen atoms in total. The topological polar surface area (TPSA) is 52.0 Å². The minimum atomic E-state index is 0.0313. The molecule has 0 spiro atoms. The monoisotopic (exact) mass is 154 g/mol. The van der Waals surface area contributed by atoms with Crippen LogP contribution in [0.2, 0.25) is 0 Å². The SMILES string of the molecule is CC(/C=C\N)=C(/N)C(C)(C)C. The quantitative estimate of drug-likeness (QED) is 0.565. The molecular formula is C9H18N2. The fraction of sp³-hybridized carbons (Fsp3) is 0.556. The molecule has 4 N–H and O–H groups in total. The summed E-state index contributed by atoms with van der Waals surface area (Å²) < 4.78 is 0. The molecule has 0 amide bonds. The van der Waals surface area contributed by atoms with Crippen molar-refractivity contribution in [1.82, 2.24) is 0 Å². The Labute approximate surface area is 69.0 Å². The van der Waals surface area contributed by atoms with Crippen LogP contribution in [0.25, 0.3) is 0 Å². The van der Waals surface area contributed by atoms with Crippen molar-refractivity contribution in [2.24, 2.45) is 16.9 Å². The Morgan fingerprint density at radius 1 is 1.27 bits per heavy atom. The lowest BCUT2D eigenvalue weighted by molar-refractivity contribution is 0.493. The molecule has 0 radical (unpaired) electrons. The van der Waals surface area contributed by atoms with E-state index < -0.39 is 0 Å². The van der Waals surface area contributed by atoms with E-state index in [-0.39, 0.29) is 5.41 Å². The first-order valence-corrected chi connectivity index (χ1v) is 3.74. The molecule has 0 unspecified atom stereocenters. The van der Waals surface area contributed by atoms with E-state index in [0.29, 0.717) is 0 Å². The summed E-state index contributed by atoms with van der Waals surface area (Å²) in [4.78, 5) is 0. The average Bonchev–Trinajstić information content (AvgIpc) is 1.85. The van der Waals surface area contributed by atoms with Crippen molar-refractivity contribution < 1.29 is 0 Å². The first kappa shape index (κ1) is 10.1. The third-order valence-corrected chi connectivity index (χ3v) is 1.58. The van der Waals surface area contributed by atoms with Crippen molar-refractivity contribution >= 4 is 0 Å². The number of nitrogens with two attached hydrogens (primary N) is 2. The smallest absolute Gasteiger partial charge is 0.0165 e. The van der Waals surface area contributed by atoms with E-state index in [1.165, 1.54) is 6.20 Å². The Morgan fingerprint density at radius 2 is 1.73 bits per heavy atom. The van der Waals surface area contributed by atoms with Crippen molar-refractivity contribution in [1.29, 1.82) is 0 Å². The van der Waals surface area contributed by atoms with Crippen LogP contribution in [0, 0.1) is 5.41 Å². The fourth-order valence-corrected chi connectivity index (χ4v) is 0.826. The first-order chi connectivity index (χ1) is 4.89. The summed E-state index contributed by atoms with van der Waals surface area (Å²) in [6, 6.07) is 0. The van der Waals surface area contributed by atoms with Gasteiger partial charge in [0.2, 0.25) is 0 Å². The van der Waals surface area contributed by atoms with Crippen LogP contribution >= 0.6 is 0 Å². The summed E-state index contributed by atoms with van der Waals surface area (Å²) in [5.41, 5.74) is 13.1. The molecule has 0 heterocycles. The van der Waals surface area contributed by atoms with Gasteiger partial charge in [-0.1, -0.05) is 20.8 Å². The minimum Gasteiger partial charge on any atom is -0.405 e. The molecule has 11 heavy (non-hydrogen) atoms. The van der Waals surface area contributed by atoms with Crippen LogP contribution in [0.15, 0.2) is 23.5 Å². The number of hydrogen-bond acceptors (Lipinski definition) is 2. The molecule has 0 aliphatic heterocycles. The van der Waals surface area contributed by atoms with Gasteiger partial charge in [0, 0.05) is 11.1 Å². The molecular weight excluding hydrogens is 136 g/mol.